The van der Waals surface area contributed by atoms with Crippen molar-refractivity contribution in [2.75, 3.05) is 0 Å². The number of unbranched alkanes of at least 4 members (excludes halogenated alkanes) is 8. The first-order valence-corrected chi connectivity index (χ1v) is 16.0. The van der Waals surface area contributed by atoms with E-state index in [4.69, 9.17) is 0 Å². The first kappa shape index (κ1) is 27.0. The van der Waals surface area contributed by atoms with E-state index in [0.717, 1.165) is 12.3 Å². The maximum absolute atomic E-state index is 11.3. The highest BCUT2D eigenvalue weighted by Crippen LogP contribution is 2.46. The summed E-state index contributed by atoms with van der Waals surface area (Å²) >= 11 is 2.02. The molecule has 0 aliphatic rings. The number of carboxylic acid groups (broad SMARTS) is 1. The lowest BCUT2D eigenvalue weighted by Crippen LogP contribution is -2.36. The normalized spacial score (nSPS) is 13.9. The van der Waals surface area contributed by atoms with Gasteiger partial charge < -0.3 is 5.11 Å². The lowest BCUT2D eigenvalue weighted by molar-refractivity contribution is -0.137. The SMILES string of the molecule is CC(C)CCCCCCCCCCC[C@H](CC(=O)O)S[Si](C)(C)C(C)(C)C. The van der Waals surface area contributed by atoms with Gasteiger partial charge in [0.15, 0.2) is 0 Å². The molecule has 0 fully saturated rings. The van der Waals surface area contributed by atoms with E-state index in [9.17, 15) is 9.90 Å². The molecule has 162 valence electrons. The predicted molar refractivity (Wildman–Crippen MR) is 126 cm³/mol. The lowest BCUT2D eigenvalue weighted by Gasteiger charge is -2.38. The van der Waals surface area contributed by atoms with Gasteiger partial charge in [-0.05, 0) is 17.4 Å². The molecule has 0 saturated carbocycles. The van der Waals surface area contributed by atoms with E-state index < -0.39 is 13.2 Å². The molecule has 0 heterocycles. The Morgan fingerprint density at radius 2 is 1.26 bits per heavy atom. The molecule has 27 heavy (non-hydrogen) atoms. The molecule has 0 aliphatic carbocycles. The van der Waals surface area contributed by atoms with Gasteiger partial charge in [-0.2, -0.15) is 11.2 Å². The van der Waals surface area contributed by atoms with E-state index in [1.54, 1.807) is 0 Å². The second kappa shape index (κ2) is 14.1. The van der Waals surface area contributed by atoms with Crippen LogP contribution in [0.25, 0.3) is 0 Å². The molecule has 0 amide bonds. The van der Waals surface area contributed by atoms with E-state index in [0.29, 0.717) is 16.7 Å². The highest BCUT2D eigenvalue weighted by Gasteiger charge is 2.38. The Morgan fingerprint density at radius 1 is 0.852 bits per heavy atom. The van der Waals surface area contributed by atoms with E-state index in [1.165, 1.54) is 64.2 Å². The first-order valence-electron chi connectivity index (χ1n) is 11.4. The highest BCUT2D eigenvalue weighted by molar-refractivity contribution is 8.29. The Morgan fingerprint density at radius 3 is 1.63 bits per heavy atom. The van der Waals surface area contributed by atoms with Crippen LogP contribution < -0.4 is 0 Å². The molecule has 0 aromatic carbocycles. The molecular formula is C23H48O2SSi. The van der Waals surface area contributed by atoms with Gasteiger partial charge in [-0.25, -0.2) is 0 Å². The third-order valence-electron chi connectivity index (χ3n) is 5.98. The van der Waals surface area contributed by atoms with Crippen LogP contribution in [0.5, 0.6) is 0 Å². The molecule has 0 saturated heterocycles. The number of hydrogen-bond acceptors (Lipinski definition) is 2. The molecule has 0 radical (unpaired) electrons. The Balaban J connectivity index is 3.90. The fraction of sp³-hybridized carbons (Fsp3) is 0.957. The van der Waals surface area contributed by atoms with Crippen molar-refractivity contribution in [2.24, 2.45) is 5.92 Å². The molecule has 4 heteroatoms. The van der Waals surface area contributed by atoms with Crippen LogP contribution in [0.4, 0.5) is 0 Å². The molecule has 0 rings (SSSR count). The molecule has 0 aliphatic heterocycles. The summed E-state index contributed by atoms with van der Waals surface area (Å²) in [5, 5.41) is 9.88. The summed E-state index contributed by atoms with van der Waals surface area (Å²) in [5.74, 6) is 0.216. The van der Waals surface area contributed by atoms with E-state index in [-0.39, 0.29) is 0 Å². The van der Waals surface area contributed by atoms with Gasteiger partial charge >= 0.3 is 5.97 Å². The Kier molecular flexibility index (Phi) is 14.1. The molecule has 0 unspecified atom stereocenters. The minimum atomic E-state index is -1.49. The van der Waals surface area contributed by atoms with Crippen molar-refractivity contribution in [3.8, 4) is 0 Å². The van der Waals surface area contributed by atoms with Crippen LogP contribution in [0.2, 0.25) is 18.1 Å². The summed E-state index contributed by atoms with van der Waals surface area (Å²) in [6, 6.07) is 0. The van der Waals surface area contributed by atoms with Crippen LogP contribution in [0.15, 0.2) is 0 Å². The molecule has 0 aromatic heterocycles. The summed E-state index contributed by atoms with van der Waals surface area (Å²) in [6.07, 6.45) is 14.9. The second-order valence-corrected chi connectivity index (χ2v) is 19.4. The Bertz CT molecular complexity index is 388. The summed E-state index contributed by atoms with van der Waals surface area (Å²) in [7, 11) is -1.49. The van der Waals surface area contributed by atoms with Crippen LogP contribution in [0, 0.1) is 5.92 Å². The highest BCUT2D eigenvalue weighted by atomic mass is 32.4. The summed E-state index contributed by atoms with van der Waals surface area (Å²) in [5.41, 5.74) is 0. The maximum atomic E-state index is 11.3. The second-order valence-electron chi connectivity index (χ2n) is 10.3. The van der Waals surface area contributed by atoms with Crippen LogP contribution in [-0.4, -0.2) is 23.5 Å². The van der Waals surface area contributed by atoms with Crippen LogP contribution in [0.1, 0.15) is 112 Å². The molecule has 2 nitrogen and oxygen atoms in total. The van der Waals surface area contributed by atoms with Crippen molar-refractivity contribution in [1.29, 1.82) is 0 Å². The van der Waals surface area contributed by atoms with Gasteiger partial charge in [-0.3, -0.25) is 4.79 Å². The Labute approximate surface area is 175 Å². The zero-order valence-corrected chi connectivity index (χ0v) is 21.2. The monoisotopic (exact) mass is 416 g/mol. The van der Waals surface area contributed by atoms with Crippen LogP contribution in [-0.2, 0) is 4.79 Å². The van der Waals surface area contributed by atoms with Gasteiger partial charge in [0.05, 0.1) is 6.42 Å². The number of aliphatic carboxylic acids is 1. The largest absolute Gasteiger partial charge is 0.481 e. The average Bonchev–Trinajstić information content (AvgIpc) is 2.50. The van der Waals surface area contributed by atoms with Crippen molar-refractivity contribution in [3.63, 3.8) is 0 Å². The number of rotatable bonds is 16. The number of carboxylic acids is 1. The third kappa shape index (κ3) is 14.7. The standard InChI is InChI=1S/C23H48O2SSi/c1-20(2)17-15-13-11-9-8-10-12-14-16-18-21(19-22(24)25)26-27(6,7)23(3,4)5/h20-21H,8-19H2,1-7H3,(H,24,25)/t21-/m1/s1. The van der Waals surface area contributed by atoms with E-state index in [1.807, 2.05) is 11.2 Å². The van der Waals surface area contributed by atoms with Crippen molar-refractivity contribution < 1.29 is 9.90 Å². The first-order chi connectivity index (χ1) is 12.5. The maximum Gasteiger partial charge on any atom is 0.304 e. The molecular weight excluding hydrogens is 368 g/mol. The average molecular weight is 417 g/mol. The van der Waals surface area contributed by atoms with E-state index >= 15 is 0 Å². The summed E-state index contributed by atoms with van der Waals surface area (Å²) < 4.78 is 0. The molecule has 1 atom stereocenters. The molecule has 1 N–H and O–H groups in total. The van der Waals surface area contributed by atoms with E-state index in [2.05, 4.69) is 47.7 Å². The summed E-state index contributed by atoms with van der Waals surface area (Å²) in [4.78, 5) is 11.3. The minimum absolute atomic E-state index is 0.296. The number of carbonyl (C=O) groups is 1. The Hall–Kier alpha value is 0.0369. The van der Waals surface area contributed by atoms with Gasteiger partial charge in [0.2, 0.25) is 0 Å². The molecule has 0 bridgehead atoms. The third-order valence-corrected chi connectivity index (χ3v) is 15.5. The zero-order valence-electron chi connectivity index (χ0n) is 19.4. The van der Waals surface area contributed by atoms with Crippen molar-refractivity contribution in [2.45, 2.75) is 135 Å². The quantitative estimate of drug-likeness (QED) is 0.202. The fourth-order valence-corrected chi connectivity index (χ4v) is 9.01. The fourth-order valence-electron chi connectivity index (χ4n) is 3.15. The van der Waals surface area contributed by atoms with Crippen molar-refractivity contribution >= 4 is 24.4 Å². The van der Waals surface area contributed by atoms with Gasteiger partial charge in [-0.1, -0.05) is 112 Å². The zero-order chi connectivity index (χ0) is 20.9. The van der Waals surface area contributed by atoms with Crippen LogP contribution >= 0.6 is 11.2 Å². The topological polar surface area (TPSA) is 37.3 Å². The molecule has 0 spiro atoms. The van der Waals surface area contributed by atoms with Gasteiger partial charge in [-0.15, -0.1) is 0 Å². The van der Waals surface area contributed by atoms with Gasteiger partial charge in [0.25, 0.3) is 0 Å². The number of hydrogen-bond donors (Lipinski definition) is 1. The predicted octanol–water partition coefficient (Wildman–Crippen LogP) is 8.52. The summed E-state index contributed by atoms with van der Waals surface area (Å²) in [6.45, 7) is 16.4. The molecule has 0 aromatic rings. The van der Waals surface area contributed by atoms with Crippen molar-refractivity contribution in [1.82, 2.24) is 0 Å². The van der Waals surface area contributed by atoms with Crippen LogP contribution in [0.3, 0.4) is 0 Å². The van der Waals surface area contributed by atoms with Crippen molar-refractivity contribution in [3.05, 3.63) is 0 Å². The smallest absolute Gasteiger partial charge is 0.304 e. The lowest BCUT2D eigenvalue weighted by atomic mass is 10.0. The van der Waals surface area contributed by atoms with Gasteiger partial charge in [0, 0.05) is 5.25 Å². The minimum Gasteiger partial charge on any atom is -0.481 e. The van der Waals surface area contributed by atoms with Gasteiger partial charge in [0.1, 0.15) is 7.22 Å².